The molecule has 0 aromatic heterocycles. The number of aryl methyl sites for hydroxylation is 1. The zero-order valence-corrected chi connectivity index (χ0v) is 10.1. The molecule has 2 aromatic rings. The van der Waals surface area contributed by atoms with Gasteiger partial charge in [-0.1, -0.05) is 48.0 Å². The third kappa shape index (κ3) is 2.33. The zero-order chi connectivity index (χ0) is 12.4. The molecule has 88 valence electrons. The van der Waals surface area contributed by atoms with Crippen molar-refractivity contribution in [3.63, 3.8) is 0 Å². The summed E-state index contributed by atoms with van der Waals surface area (Å²) in [7, 11) is 0. The minimum atomic E-state index is -0.991. The van der Waals surface area contributed by atoms with E-state index in [2.05, 4.69) is 0 Å². The van der Waals surface area contributed by atoms with Gasteiger partial charge in [0, 0.05) is 5.56 Å². The van der Waals surface area contributed by atoms with Gasteiger partial charge < -0.3 is 5.11 Å². The monoisotopic (exact) mass is 250 g/mol. The van der Waals surface area contributed by atoms with E-state index in [-0.39, 0.29) is 10.6 Å². The molecule has 0 heterocycles. The summed E-state index contributed by atoms with van der Waals surface area (Å²) in [6.45, 7) is 1.88. The number of hydrogen-bond acceptors (Lipinski definition) is 1. The molecule has 1 unspecified atom stereocenters. The summed E-state index contributed by atoms with van der Waals surface area (Å²) < 4.78 is 13.8. The lowest BCUT2D eigenvalue weighted by Gasteiger charge is -2.15. The van der Waals surface area contributed by atoms with Gasteiger partial charge in [-0.2, -0.15) is 0 Å². The molecular weight excluding hydrogens is 239 g/mol. The molecular formula is C14H12ClFO. The van der Waals surface area contributed by atoms with Crippen LogP contribution in [0.4, 0.5) is 4.39 Å². The molecule has 2 aromatic carbocycles. The van der Waals surface area contributed by atoms with E-state index in [4.69, 9.17) is 11.6 Å². The molecule has 1 atom stereocenters. The average molecular weight is 251 g/mol. The first-order valence-corrected chi connectivity index (χ1v) is 5.66. The number of aliphatic hydroxyl groups is 1. The number of benzene rings is 2. The van der Waals surface area contributed by atoms with Crippen LogP contribution >= 0.6 is 11.6 Å². The fourth-order valence-corrected chi connectivity index (χ4v) is 1.97. The maximum absolute atomic E-state index is 13.8. The SMILES string of the molecule is Cc1ccccc1C(O)c1cccc(Cl)c1F. The second-order valence-electron chi connectivity index (χ2n) is 3.90. The Kier molecular flexibility index (Phi) is 3.46. The van der Waals surface area contributed by atoms with Gasteiger partial charge in [0.15, 0.2) is 0 Å². The summed E-state index contributed by atoms with van der Waals surface area (Å²) in [5, 5.41) is 10.2. The summed E-state index contributed by atoms with van der Waals surface area (Å²) in [6, 6.07) is 12.0. The van der Waals surface area contributed by atoms with E-state index in [9.17, 15) is 9.50 Å². The molecule has 3 heteroatoms. The van der Waals surface area contributed by atoms with Crippen LogP contribution in [-0.4, -0.2) is 5.11 Å². The first-order valence-electron chi connectivity index (χ1n) is 5.28. The Hall–Kier alpha value is -1.38. The Morgan fingerprint density at radius 2 is 1.71 bits per heavy atom. The van der Waals surface area contributed by atoms with E-state index >= 15 is 0 Å². The van der Waals surface area contributed by atoms with E-state index in [1.165, 1.54) is 6.07 Å². The molecule has 2 rings (SSSR count). The van der Waals surface area contributed by atoms with Gasteiger partial charge in [-0.05, 0) is 24.1 Å². The molecule has 1 nitrogen and oxygen atoms in total. The Bertz CT molecular complexity index is 539. The molecule has 0 spiro atoms. The molecule has 1 N–H and O–H groups in total. The Balaban J connectivity index is 2.48. The molecule has 0 radical (unpaired) electrons. The van der Waals surface area contributed by atoms with Gasteiger partial charge in [0.1, 0.15) is 11.9 Å². The first kappa shape index (κ1) is 12.1. The largest absolute Gasteiger partial charge is 0.384 e. The van der Waals surface area contributed by atoms with Crippen molar-refractivity contribution in [3.05, 3.63) is 70.0 Å². The topological polar surface area (TPSA) is 20.2 Å². The van der Waals surface area contributed by atoms with Crippen LogP contribution in [0.15, 0.2) is 42.5 Å². The maximum atomic E-state index is 13.8. The lowest BCUT2D eigenvalue weighted by molar-refractivity contribution is 0.214. The highest BCUT2D eigenvalue weighted by molar-refractivity contribution is 6.30. The summed E-state index contributed by atoms with van der Waals surface area (Å²) in [5.74, 6) is -0.565. The molecule has 0 fully saturated rings. The van der Waals surface area contributed by atoms with Crippen molar-refractivity contribution in [2.75, 3.05) is 0 Å². The first-order chi connectivity index (χ1) is 8.11. The van der Waals surface area contributed by atoms with Gasteiger partial charge in [0.05, 0.1) is 5.02 Å². The third-order valence-corrected chi connectivity index (χ3v) is 3.05. The molecule has 0 aliphatic heterocycles. The van der Waals surface area contributed by atoms with Gasteiger partial charge in [-0.15, -0.1) is 0 Å². The normalized spacial score (nSPS) is 12.5. The van der Waals surface area contributed by atoms with Crippen molar-refractivity contribution in [1.29, 1.82) is 0 Å². The Morgan fingerprint density at radius 1 is 1.06 bits per heavy atom. The molecule has 0 aliphatic rings. The molecule has 0 aliphatic carbocycles. The van der Waals surface area contributed by atoms with Gasteiger partial charge in [0.25, 0.3) is 0 Å². The zero-order valence-electron chi connectivity index (χ0n) is 9.32. The lowest BCUT2D eigenvalue weighted by atomic mass is 9.97. The number of halogens is 2. The van der Waals surface area contributed by atoms with Crippen LogP contribution in [0.2, 0.25) is 5.02 Å². The Labute approximate surface area is 104 Å². The number of aliphatic hydroxyl groups excluding tert-OH is 1. The fraction of sp³-hybridized carbons (Fsp3) is 0.143. The summed E-state index contributed by atoms with van der Waals surface area (Å²) in [6.07, 6.45) is -0.991. The van der Waals surface area contributed by atoms with E-state index in [0.29, 0.717) is 5.56 Å². The smallest absolute Gasteiger partial charge is 0.147 e. The highest BCUT2D eigenvalue weighted by Gasteiger charge is 2.17. The van der Waals surface area contributed by atoms with Crippen LogP contribution in [0, 0.1) is 12.7 Å². The molecule has 17 heavy (non-hydrogen) atoms. The van der Waals surface area contributed by atoms with E-state index < -0.39 is 11.9 Å². The van der Waals surface area contributed by atoms with Crippen LogP contribution in [0.1, 0.15) is 22.8 Å². The molecule has 0 amide bonds. The van der Waals surface area contributed by atoms with Gasteiger partial charge in [0.2, 0.25) is 0 Å². The second kappa shape index (κ2) is 4.86. The standard InChI is InChI=1S/C14H12ClFO/c1-9-5-2-3-6-10(9)14(17)11-7-4-8-12(15)13(11)16/h2-8,14,17H,1H3. The Morgan fingerprint density at radius 3 is 2.41 bits per heavy atom. The minimum Gasteiger partial charge on any atom is -0.384 e. The van der Waals surface area contributed by atoms with Crippen molar-refractivity contribution in [3.8, 4) is 0 Å². The van der Waals surface area contributed by atoms with Gasteiger partial charge >= 0.3 is 0 Å². The van der Waals surface area contributed by atoms with Crippen molar-refractivity contribution in [2.24, 2.45) is 0 Å². The highest BCUT2D eigenvalue weighted by Crippen LogP contribution is 2.29. The van der Waals surface area contributed by atoms with Crippen LogP contribution < -0.4 is 0 Å². The van der Waals surface area contributed by atoms with Gasteiger partial charge in [-0.25, -0.2) is 4.39 Å². The minimum absolute atomic E-state index is 0.0233. The predicted molar refractivity (Wildman–Crippen MR) is 66.7 cm³/mol. The average Bonchev–Trinajstić information content (AvgIpc) is 2.32. The van der Waals surface area contributed by atoms with Crippen molar-refractivity contribution >= 4 is 11.6 Å². The fourth-order valence-electron chi connectivity index (χ4n) is 1.79. The second-order valence-corrected chi connectivity index (χ2v) is 4.31. The van der Waals surface area contributed by atoms with E-state index in [1.54, 1.807) is 18.2 Å². The van der Waals surface area contributed by atoms with E-state index in [0.717, 1.165) is 5.56 Å². The summed E-state index contributed by atoms with van der Waals surface area (Å²) in [4.78, 5) is 0. The van der Waals surface area contributed by atoms with Crippen LogP contribution in [-0.2, 0) is 0 Å². The third-order valence-electron chi connectivity index (χ3n) is 2.76. The van der Waals surface area contributed by atoms with Gasteiger partial charge in [-0.3, -0.25) is 0 Å². The van der Waals surface area contributed by atoms with Crippen LogP contribution in [0.5, 0.6) is 0 Å². The maximum Gasteiger partial charge on any atom is 0.147 e. The van der Waals surface area contributed by atoms with E-state index in [1.807, 2.05) is 25.1 Å². The molecule has 0 saturated heterocycles. The summed E-state index contributed by atoms with van der Waals surface area (Å²) >= 11 is 5.70. The highest BCUT2D eigenvalue weighted by atomic mass is 35.5. The molecule has 0 bridgehead atoms. The van der Waals surface area contributed by atoms with Crippen LogP contribution in [0.3, 0.4) is 0 Å². The summed E-state index contributed by atoms with van der Waals surface area (Å²) in [5.41, 5.74) is 1.81. The van der Waals surface area contributed by atoms with Crippen molar-refractivity contribution in [1.82, 2.24) is 0 Å². The van der Waals surface area contributed by atoms with Crippen LogP contribution in [0.25, 0.3) is 0 Å². The lowest BCUT2D eigenvalue weighted by Crippen LogP contribution is -2.04. The number of hydrogen-bond donors (Lipinski definition) is 1. The molecule has 0 saturated carbocycles. The number of rotatable bonds is 2. The quantitative estimate of drug-likeness (QED) is 0.858. The van der Waals surface area contributed by atoms with Crippen molar-refractivity contribution < 1.29 is 9.50 Å². The van der Waals surface area contributed by atoms with Crippen molar-refractivity contribution in [2.45, 2.75) is 13.0 Å². The predicted octanol–water partition coefficient (Wildman–Crippen LogP) is 3.87.